The van der Waals surface area contributed by atoms with Gasteiger partial charge in [0.2, 0.25) is 0 Å². The first-order chi connectivity index (χ1) is 11.9. The summed E-state index contributed by atoms with van der Waals surface area (Å²) in [4.78, 5) is 0. The summed E-state index contributed by atoms with van der Waals surface area (Å²) in [5.74, 6) is 0. The molecule has 2 N–H and O–H groups in total. The molecule has 0 fully saturated rings. The zero-order chi connectivity index (χ0) is 21.2. The maximum atomic E-state index is 8.85. The monoisotopic (exact) mass is 635 g/mol. The molecular weight excluding hydrogens is 588 g/mol. The first-order valence-electron chi connectivity index (χ1n) is 10.1. The van der Waals surface area contributed by atoms with Crippen molar-refractivity contribution in [3.8, 4) is 0 Å². The maximum absolute atomic E-state index is 8.85. The summed E-state index contributed by atoms with van der Waals surface area (Å²) in [5, 5.41) is 16.6. The molecule has 0 aromatic carbocycles. The molecule has 0 aromatic rings. The van der Waals surface area contributed by atoms with Crippen LogP contribution >= 0.6 is 0 Å². The second-order valence-corrected chi connectivity index (χ2v) is 22.4. The molecule has 0 rings (SSSR count). The van der Waals surface area contributed by atoms with Crippen LogP contribution in [0.15, 0.2) is 12.7 Å². The minimum atomic E-state index is -1.51. The van der Waals surface area contributed by atoms with E-state index in [2.05, 4.69) is 65.9 Å². The van der Waals surface area contributed by atoms with Crippen molar-refractivity contribution in [3.63, 3.8) is 0 Å². The molecule has 170 valence electrons. The Bertz CT molecular complexity index is 294. The third-order valence-electron chi connectivity index (χ3n) is 3.30. The van der Waals surface area contributed by atoms with Gasteiger partial charge in [-0.2, -0.15) is 0 Å². The topological polar surface area (TPSA) is 58.9 Å². The predicted octanol–water partition coefficient (Wildman–Crippen LogP) is 4.73. The Morgan fingerprint density at radius 3 is 1.48 bits per heavy atom. The van der Waals surface area contributed by atoms with E-state index in [0.29, 0.717) is 6.61 Å². The van der Waals surface area contributed by atoms with Crippen molar-refractivity contribution in [1.29, 1.82) is 0 Å². The van der Waals surface area contributed by atoms with E-state index >= 15 is 0 Å². The van der Waals surface area contributed by atoms with Crippen molar-refractivity contribution < 1.29 is 39.5 Å². The Morgan fingerprint density at radius 1 is 0.889 bits per heavy atom. The van der Waals surface area contributed by atoms with E-state index in [1.807, 2.05) is 0 Å². The van der Waals surface area contributed by atoms with Crippen LogP contribution in [0.2, 0.25) is 64.5 Å². The fourth-order valence-corrected chi connectivity index (χ4v) is 15.9. The van der Waals surface area contributed by atoms with Gasteiger partial charge in [-0.05, 0) is 70.9 Å². The van der Waals surface area contributed by atoms with Gasteiger partial charge in [-0.3, -0.25) is 0 Å². The fourth-order valence-electron chi connectivity index (χ4n) is 2.50. The van der Waals surface area contributed by atoms with Crippen LogP contribution in [0.3, 0.4) is 0 Å². The second-order valence-electron chi connectivity index (χ2n) is 8.26. The summed E-state index contributed by atoms with van der Waals surface area (Å²) in [6.07, 6.45) is 4.89. The van der Waals surface area contributed by atoms with Gasteiger partial charge in [-0.25, -0.2) is 0 Å². The van der Waals surface area contributed by atoms with Crippen molar-refractivity contribution in [1.82, 2.24) is 0 Å². The number of unbranched alkanes of at least 4 members (excludes halogenated alkanes) is 1. The summed E-state index contributed by atoms with van der Waals surface area (Å²) >= 11 is 0. The molecule has 0 atom stereocenters. The second kappa shape index (κ2) is 21.8. The van der Waals surface area contributed by atoms with Crippen LogP contribution in [0.4, 0.5) is 0 Å². The molecule has 0 saturated heterocycles. The molecule has 27 heavy (non-hydrogen) atoms. The molecule has 4 nitrogen and oxygen atoms in total. The minimum Gasteiger partial charge on any atom is -0.461 e. The number of hydrogen-bond donors (Lipinski definition) is 2. The average molecular weight is 636 g/mol. The number of rotatable bonds is 11. The van der Waals surface area contributed by atoms with Crippen LogP contribution in [-0.4, -0.2) is 58.1 Å². The molecule has 0 heterocycles. The number of aliphatic hydroxyl groups is 2. The molecule has 0 unspecified atom stereocenters. The van der Waals surface area contributed by atoms with E-state index in [-0.39, 0.29) is 27.7 Å². The number of hydrogen-bond acceptors (Lipinski definition) is 4. The maximum Gasteiger partial charge on any atom is 0.173 e. The molecule has 0 spiro atoms. The van der Waals surface area contributed by atoms with E-state index in [1.54, 1.807) is 0 Å². The van der Waals surface area contributed by atoms with Crippen LogP contribution in [0.5, 0.6) is 0 Å². The van der Waals surface area contributed by atoms with Crippen molar-refractivity contribution in [2.24, 2.45) is 0 Å². The SMILES string of the molecule is C=CCO.CCCC[Si](C)(C)O[Si](C)(C)CCCO.C[SiH](C)O[SiH](C)C.[Pt]. The van der Waals surface area contributed by atoms with Gasteiger partial charge in [-0.1, -0.05) is 25.8 Å². The van der Waals surface area contributed by atoms with Crippen molar-refractivity contribution >= 4 is 34.7 Å². The predicted molar refractivity (Wildman–Crippen MR) is 128 cm³/mol. The molecule has 0 amide bonds. The standard InChI is InChI=1S/C11H28O2Si2.C4H14OSi2.C3H6O.Pt/c1-6-7-10-14(2,3)13-15(4,5)11-8-9-12;1-6(2)5-7(3)4;1-2-3-4;/h12H,6-11H2,1-5H3;6-7H,1-4H3;2,4H,1,3H2;. The van der Waals surface area contributed by atoms with Crippen molar-refractivity contribution in [2.75, 3.05) is 13.2 Å². The Kier molecular flexibility index (Phi) is 28.8. The smallest absolute Gasteiger partial charge is 0.173 e. The Morgan fingerprint density at radius 2 is 1.26 bits per heavy atom. The normalized spacial score (nSPS) is 11.1. The summed E-state index contributed by atoms with van der Waals surface area (Å²) < 4.78 is 11.9. The van der Waals surface area contributed by atoms with E-state index in [1.165, 1.54) is 25.0 Å². The summed E-state index contributed by atoms with van der Waals surface area (Å²) in [6.45, 7) is 23.9. The summed E-state index contributed by atoms with van der Waals surface area (Å²) in [7, 11) is -4.27. The van der Waals surface area contributed by atoms with Crippen LogP contribution in [0.25, 0.3) is 0 Å². The molecule has 9 heteroatoms. The van der Waals surface area contributed by atoms with Gasteiger partial charge in [0, 0.05) is 27.7 Å². The molecule has 0 aliphatic carbocycles. The molecular formula is C18H48O4PtSi4. The van der Waals surface area contributed by atoms with E-state index in [0.717, 1.165) is 12.5 Å². The van der Waals surface area contributed by atoms with Crippen molar-refractivity contribution in [3.05, 3.63) is 12.7 Å². The van der Waals surface area contributed by atoms with E-state index in [9.17, 15) is 0 Å². The fraction of sp³-hybridized carbons (Fsp3) is 0.889. The van der Waals surface area contributed by atoms with Gasteiger partial charge in [0.15, 0.2) is 34.7 Å². The molecule has 0 aliphatic rings. The molecule has 0 radical (unpaired) electrons. The zero-order valence-corrected chi connectivity index (χ0v) is 26.0. The van der Waals surface area contributed by atoms with Crippen LogP contribution in [0, 0.1) is 0 Å². The van der Waals surface area contributed by atoms with Crippen LogP contribution in [-0.2, 0) is 29.3 Å². The van der Waals surface area contributed by atoms with Gasteiger partial charge in [0.25, 0.3) is 0 Å². The largest absolute Gasteiger partial charge is 0.461 e. The van der Waals surface area contributed by atoms with Crippen molar-refractivity contribution in [2.45, 2.75) is 90.7 Å². The van der Waals surface area contributed by atoms with E-state index in [4.69, 9.17) is 18.4 Å². The van der Waals surface area contributed by atoms with Gasteiger partial charge in [0.05, 0.1) is 6.61 Å². The van der Waals surface area contributed by atoms with Gasteiger partial charge < -0.3 is 18.4 Å². The molecule has 0 bridgehead atoms. The number of aliphatic hydroxyl groups excluding tert-OH is 2. The Labute approximate surface area is 190 Å². The molecule has 0 saturated carbocycles. The third-order valence-corrected chi connectivity index (χ3v) is 15.2. The summed E-state index contributed by atoms with van der Waals surface area (Å²) in [6, 6.07) is 2.37. The Balaban J connectivity index is -0.000000184. The molecule has 0 aliphatic heterocycles. The van der Waals surface area contributed by atoms with Crippen LogP contribution < -0.4 is 0 Å². The zero-order valence-electron chi connectivity index (χ0n) is 19.4. The quantitative estimate of drug-likeness (QED) is 0.255. The third kappa shape index (κ3) is 35.0. The van der Waals surface area contributed by atoms with Gasteiger partial charge in [0.1, 0.15) is 0 Å². The average Bonchev–Trinajstić information content (AvgIpc) is 2.49. The minimum absolute atomic E-state index is 0. The first kappa shape index (κ1) is 35.6. The Hall–Kier alpha value is 1.14. The van der Waals surface area contributed by atoms with E-state index < -0.39 is 34.7 Å². The van der Waals surface area contributed by atoms with Crippen LogP contribution in [0.1, 0.15) is 26.2 Å². The first-order valence-corrected chi connectivity index (χ1v) is 21.8. The van der Waals surface area contributed by atoms with Gasteiger partial charge >= 0.3 is 0 Å². The molecule has 0 aromatic heterocycles. The van der Waals surface area contributed by atoms with Gasteiger partial charge in [-0.15, -0.1) is 6.58 Å². The summed E-state index contributed by atoms with van der Waals surface area (Å²) in [5.41, 5.74) is 0.